The van der Waals surface area contributed by atoms with Gasteiger partial charge in [-0.3, -0.25) is 0 Å². The van der Waals surface area contributed by atoms with Gasteiger partial charge >= 0.3 is 0 Å². The quantitative estimate of drug-likeness (QED) is 0.772. The molecule has 4 rings (SSSR count). The number of hydrogen-bond donors (Lipinski definition) is 2. The second kappa shape index (κ2) is 5.91. The van der Waals surface area contributed by atoms with E-state index >= 15 is 0 Å². The van der Waals surface area contributed by atoms with E-state index in [0.717, 1.165) is 60.6 Å². The molecular weight excluding hydrogens is 294 g/mol. The Balaban J connectivity index is 2.07. The van der Waals surface area contributed by atoms with Crippen molar-refractivity contribution in [3.05, 3.63) is 34.4 Å². The molecule has 0 saturated heterocycles. The average Bonchev–Trinajstić information content (AvgIpc) is 2.58. The van der Waals surface area contributed by atoms with Crippen LogP contribution in [0.2, 0.25) is 0 Å². The van der Waals surface area contributed by atoms with Crippen LogP contribution in [-0.4, -0.2) is 25.9 Å². The summed E-state index contributed by atoms with van der Waals surface area (Å²) in [5.74, 6) is 0.730. The van der Waals surface area contributed by atoms with Gasteiger partial charge in [-0.15, -0.1) is 0 Å². The van der Waals surface area contributed by atoms with E-state index in [1.807, 2.05) is 15.7 Å². The van der Waals surface area contributed by atoms with Gasteiger partial charge in [-0.2, -0.15) is 0 Å². The lowest BCUT2D eigenvalue weighted by Crippen LogP contribution is -2.17. The van der Waals surface area contributed by atoms with E-state index in [1.165, 1.54) is 35.1 Å². The molecule has 0 unspecified atom stereocenters. The summed E-state index contributed by atoms with van der Waals surface area (Å²) >= 11 is 0. The minimum absolute atomic E-state index is 0.365. The zero-order valence-corrected chi connectivity index (χ0v) is 14.7. The molecule has 24 heavy (non-hydrogen) atoms. The van der Waals surface area contributed by atoms with Gasteiger partial charge in [0.05, 0.1) is 0 Å². The van der Waals surface area contributed by atoms with Crippen LogP contribution in [0.3, 0.4) is 0 Å². The van der Waals surface area contributed by atoms with Crippen molar-refractivity contribution in [2.45, 2.75) is 51.4 Å². The molecule has 0 aromatic heterocycles. The summed E-state index contributed by atoms with van der Waals surface area (Å²) in [4.78, 5) is 0. The number of benzene rings is 2. The first-order chi connectivity index (χ1) is 11.6. The Morgan fingerprint density at radius 3 is 1.42 bits per heavy atom. The fraction of sp³-hybridized carbons (Fsp3) is 0.400. The van der Waals surface area contributed by atoms with Gasteiger partial charge in [0.15, 0.2) is 0 Å². The van der Waals surface area contributed by atoms with Crippen LogP contribution in [0.4, 0.5) is 0 Å². The van der Waals surface area contributed by atoms with Crippen LogP contribution in [0.25, 0.3) is 11.1 Å². The van der Waals surface area contributed by atoms with Crippen LogP contribution >= 0.6 is 0 Å². The maximum atomic E-state index is 10.9. The van der Waals surface area contributed by atoms with Gasteiger partial charge in [0.25, 0.3) is 0 Å². The topological polar surface area (TPSA) is 40.5 Å². The lowest BCUT2D eigenvalue weighted by molar-refractivity contribution is 0.471. The van der Waals surface area contributed by atoms with E-state index in [9.17, 15) is 10.2 Å². The predicted molar refractivity (Wildman–Crippen MR) is 105 cm³/mol. The molecule has 0 heterocycles. The fourth-order valence-corrected chi connectivity index (χ4v) is 4.63. The molecule has 2 nitrogen and oxygen atoms in total. The lowest BCUT2D eigenvalue weighted by Gasteiger charge is -2.27. The zero-order valence-electron chi connectivity index (χ0n) is 14.7. The van der Waals surface area contributed by atoms with Crippen molar-refractivity contribution in [3.63, 3.8) is 0 Å². The Bertz CT molecular complexity index is 758. The van der Waals surface area contributed by atoms with Crippen LogP contribution in [0, 0.1) is 0 Å². The molecule has 0 amide bonds. The Hall–Kier alpha value is -1.83. The Morgan fingerprint density at radius 2 is 1.00 bits per heavy atom. The van der Waals surface area contributed by atoms with E-state index in [0.29, 0.717) is 11.5 Å². The smallest absolute Gasteiger partial charge is 0.144 e. The normalized spacial score (nSPS) is 16.5. The van der Waals surface area contributed by atoms with Gasteiger partial charge in [-0.25, -0.2) is 0 Å². The first-order valence-corrected chi connectivity index (χ1v) is 9.27. The lowest BCUT2D eigenvalue weighted by atomic mass is 9.74. The molecule has 2 aromatic carbocycles. The molecule has 0 fully saturated rings. The highest BCUT2D eigenvalue weighted by Gasteiger charge is 2.26. The average molecular weight is 318 g/mol. The number of hydrogen-bond acceptors (Lipinski definition) is 2. The van der Waals surface area contributed by atoms with Gasteiger partial charge in [0.2, 0.25) is 0 Å². The molecule has 0 bridgehead atoms. The van der Waals surface area contributed by atoms with Gasteiger partial charge in [0, 0.05) is 11.1 Å². The van der Waals surface area contributed by atoms with E-state index in [2.05, 4.69) is 12.1 Å². The number of rotatable bonds is 1. The number of fused-ring (bicyclic) bond motifs is 2. The molecule has 0 spiro atoms. The fourth-order valence-electron chi connectivity index (χ4n) is 4.63. The standard InChI is InChI=1S/C20H24B2O2/c21-15-9-11-5-1-3-7-13(11)17(19(15)23)18-14-8-4-2-6-12(14)10-16(22)20(18)24/h9-10,23-24H,1-8,21-22H2. The largest absolute Gasteiger partial charge is 0.508 e. The van der Waals surface area contributed by atoms with Crippen molar-refractivity contribution in [1.29, 1.82) is 0 Å². The van der Waals surface area contributed by atoms with Crippen LogP contribution in [0.5, 0.6) is 11.5 Å². The van der Waals surface area contributed by atoms with Gasteiger partial charge in [0.1, 0.15) is 27.2 Å². The Morgan fingerprint density at radius 1 is 0.625 bits per heavy atom. The first kappa shape index (κ1) is 15.7. The second-order valence-electron chi connectivity index (χ2n) is 7.52. The molecule has 2 aromatic rings. The monoisotopic (exact) mass is 318 g/mol. The van der Waals surface area contributed by atoms with Crippen molar-refractivity contribution in [1.82, 2.24) is 0 Å². The van der Waals surface area contributed by atoms with E-state index in [-0.39, 0.29) is 0 Å². The van der Waals surface area contributed by atoms with Crippen molar-refractivity contribution < 1.29 is 10.2 Å². The molecule has 4 heteroatoms. The molecule has 0 saturated carbocycles. The highest BCUT2D eigenvalue weighted by molar-refractivity contribution is 6.36. The van der Waals surface area contributed by atoms with Crippen molar-refractivity contribution in [3.8, 4) is 22.6 Å². The third kappa shape index (κ3) is 2.35. The van der Waals surface area contributed by atoms with Gasteiger partial charge in [-0.05, 0) is 84.5 Å². The molecule has 122 valence electrons. The van der Waals surface area contributed by atoms with Crippen molar-refractivity contribution in [2.24, 2.45) is 0 Å². The van der Waals surface area contributed by atoms with Crippen molar-refractivity contribution in [2.75, 3.05) is 0 Å². The highest BCUT2D eigenvalue weighted by atomic mass is 16.3. The molecule has 0 radical (unpaired) electrons. The molecular formula is C20H24B2O2. The maximum Gasteiger partial charge on any atom is 0.144 e. The Labute approximate surface area is 145 Å². The van der Waals surface area contributed by atoms with E-state index < -0.39 is 0 Å². The summed E-state index contributed by atoms with van der Waals surface area (Å²) in [5.41, 5.74) is 8.94. The third-order valence-electron chi connectivity index (χ3n) is 5.88. The molecule has 0 aliphatic heterocycles. The van der Waals surface area contributed by atoms with E-state index in [1.54, 1.807) is 0 Å². The van der Waals surface area contributed by atoms with Gasteiger partial charge < -0.3 is 10.2 Å². The minimum atomic E-state index is 0.365. The van der Waals surface area contributed by atoms with Gasteiger partial charge in [-0.1, -0.05) is 12.1 Å². The Kier molecular flexibility index (Phi) is 3.86. The predicted octanol–water partition coefficient (Wildman–Crippen LogP) is 1.04. The van der Waals surface area contributed by atoms with E-state index in [4.69, 9.17) is 0 Å². The summed E-state index contributed by atoms with van der Waals surface area (Å²) in [6.07, 6.45) is 8.93. The highest BCUT2D eigenvalue weighted by Crippen LogP contribution is 2.44. The van der Waals surface area contributed by atoms with Crippen LogP contribution in [0.15, 0.2) is 12.1 Å². The van der Waals surface area contributed by atoms with Crippen LogP contribution < -0.4 is 10.9 Å². The maximum absolute atomic E-state index is 10.9. The van der Waals surface area contributed by atoms with Crippen LogP contribution in [-0.2, 0) is 25.7 Å². The number of aryl methyl sites for hydroxylation is 2. The first-order valence-electron chi connectivity index (χ1n) is 9.27. The number of aromatic hydroxyl groups is 2. The van der Waals surface area contributed by atoms with Crippen molar-refractivity contribution >= 4 is 26.6 Å². The summed E-state index contributed by atoms with van der Waals surface area (Å²) in [6.45, 7) is 0. The summed E-state index contributed by atoms with van der Waals surface area (Å²) in [7, 11) is 3.96. The van der Waals surface area contributed by atoms with Crippen LogP contribution in [0.1, 0.15) is 47.9 Å². The molecule has 2 aliphatic rings. The number of phenolic OH excluding ortho intramolecular Hbond substituents is 2. The molecule has 0 atom stereocenters. The third-order valence-corrected chi connectivity index (χ3v) is 5.88. The number of phenols is 2. The SMILES string of the molecule is Bc1cc2c(c(-c3c(O)c(B)cc4c3CCCC4)c1O)CCCC2. The molecule has 2 aliphatic carbocycles. The molecule has 2 N–H and O–H groups in total. The second-order valence-corrected chi connectivity index (χ2v) is 7.52. The zero-order chi connectivity index (χ0) is 16.8. The summed E-state index contributed by atoms with van der Waals surface area (Å²) in [5, 5.41) is 21.8. The summed E-state index contributed by atoms with van der Waals surface area (Å²) < 4.78 is 0. The summed E-state index contributed by atoms with van der Waals surface area (Å²) in [6, 6.07) is 4.29. The minimum Gasteiger partial charge on any atom is -0.508 e.